The van der Waals surface area contributed by atoms with Crippen LogP contribution in [0.4, 0.5) is 5.69 Å². The molecule has 2 amide bonds. The third-order valence-corrected chi connectivity index (χ3v) is 4.93. The van der Waals surface area contributed by atoms with Crippen molar-refractivity contribution in [3.63, 3.8) is 0 Å². The van der Waals surface area contributed by atoms with Crippen molar-refractivity contribution in [2.45, 2.75) is 33.2 Å². The average Bonchev–Trinajstić information content (AvgIpc) is 2.78. The summed E-state index contributed by atoms with van der Waals surface area (Å²) in [5.74, 6) is -2.20. The number of anilines is 1. The molecule has 0 aliphatic rings. The molecule has 1 atom stereocenters. The summed E-state index contributed by atoms with van der Waals surface area (Å²) in [5.41, 5.74) is 1.74. The van der Waals surface area contributed by atoms with Crippen LogP contribution >= 0.6 is 11.6 Å². The molecule has 0 saturated carbocycles. The average molecular weight is 475 g/mol. The minimum atomic E-state index is -0.926. The number of halogens is 1. The maximum Gasteiger partial charge on any atom is 0.337 e. The molecule has 33 heavy (non-hydrogen) atoms. The van der Waals surface area contributed by atoms with E-state index in [-0.39, 0.29) is 11.5 Å². The number of rotatable bonds is 9. The summed E-state index contributed by atoms with van der Waals surface area (Å²) in [6.07, 6.45) is 0.333. The van der Waals surface area contributed by atoms with Gasteiger partial charge >= 0.3 is 11.9 Å². The van der Waals surface area contributed by atoms with Gasteiger partial charge in [0.25, 0.3) is 11.8 Å². The van der Waals surface area contributed by atoms with Gasteiger partial charge in [0.05, 0.1) is 12.7 Å². The van der Waals surface area contributed by atoms with E-state index in [2.05, 4.69) is 15.4 Å². The van der Waals surface area contributed by atoms with Gasteiger partial charge in [0, 0.05) is 16.3 Å². The second-order valence-electron chi connectivity index (χ2n) is 7.84. The summed E-state index contributed by atoms with van der Waals surface area (Å²) < 4.78 is 9.84. The van der Waals surface area contributed by atoms with Gasteiger partial charge in [-0.05, 0) is 61.2 Å². The SMILES string of the molecule is COC(=O)c1ccc(C)c(NC(=O)COC(=O)C(CC(C)C)NC(=O)c2ccc(Cl)cc2)c1. The number of nitrogens with one attached hydrogen (secondary N) is 2. The molecule has 2 aromatic rings. The highest BCUT2D eigenvalue weighted by molar-refractivity contribution is 6.30. The molecule has 0 spiro atoms. The molecule has 0 bridgehead atoms. The topological polar surface area (TPSA) is 111 Å². The van der Waals surface area contributed by atoms with E-state index in [1.54, 1.807) is 43.3 Å². The molecule has 2 rings (SSSR count). The molecule has 0 radical (unpaired) electrons. The van der Waals surface area contributed by atoms with Crippen molar-refractivity contribution in [2.24, 2.45) is 5.92 Å². The normalized spacial score (nSPS) is 11.5. The number of carbonyl (C=O) groups excluding carboxylic acids is 4. The molecule has 1 unspecified atom stereocenters. The van der Waals surface area contributed by atoms with E-state index in [4.69, 9.17) is 16.3 Å². The van der Waals surface area contributed by atoms with Crippen LogP contribution in [0.3, 0.4) is 0 Å². The standard InChI is InChI=1S/C24H27ClN2O6/c1-14(2)11-20(27-22(29)16-7-9-18(25)10-8-16)24(31)33-13-21(28)26-19-12-17(23(30)32-4)6-5-15(19)3/h5-10,12,14,20H,11,13H2,1-4H3,(H,26,28)(H,27,29). The molecular weight excluding hydrogens is 448 g/mol. The summed E-state index contributed by atoms with van der Waals surface area (Å²) in [7, 11) is 1.26. The number of ether oxygens (including phenoxy) is 2. The smallest absolute Gasteiger partial charge is 0.337 e. The van der Waals surface area contributed by atoms with Crippen LogP contribution in [0.1, 0.15) is 46.5 Å². The van der Waals surface area contributed by atoms with Crippen LogP contribution in [0.2, 0.25) is 5.02 Å². The molecule has 0 heterocycles. The summed E-state index contributed by atoms with van der Waals surface area (Å²) in [6, 6.07) is 10.1. The van der Waals surface area contributed by atoms with E-state index in [1.807, 2.05) is 13.8 Å². The number of hydrogen-bond acceptors (Lipinski definition) is 6. The van der Waals surface area contributed by atoms with Gasteiger partial charge in [-0.15, -0.1) is 0 Å². The molecule has 2 aromatic carbocycles. The molecule has 0 aliphatic carbocycles. The van der Waals surface area contributed by atoms with Crippen LogP contribution in [0.5, 0.6) is 0 Å². The fourth-order valence-electron chi connectivity index (χ4n) is 2.95. The first-order valence-electron chi connectivity index (χ1n) is 10.3. The highest BCUT2D eigenvalue weighted by Gasteiger charge is 2.25. The monoisotopic (exact) mass is 474 g/mol. The zero-order valence-corrected chi connectivity index (χ0v) is 19.7. The molecule has 0 aromatic heterocycles. The lowest BCUT2D eigenvalue weighted by atomic mass is 10.0. The molecular formula is C24H27ClN2O6. The Kier molecular flexibility index (Phi) is 9.42. The number of benzene rings is 2. The fourth-order valence-corrected chi connectivity index (χ4v) is 3.08. The maximum atomic E-state index is 12.6. The van der Waals surface area contributed by atoms with Crippen molar-refractivity contribution in [1.29, 1.82) is 0 Å². The van der Waals surface area contributed by atoms with Crippen molar-refractivity contribution in [2.75, 3.05) is 19.0 Å². The molecule has 8 nitrogen and oxygen atoms in total. The Morgan fingerprint density at radius 1 is 1.00 bits per heavy atom. The second-order valence-corrected chi connectivity index (χ2v) is 8.28. The summed E-state index contributed by atoms with van der Waals surface area (Å²) in [6.45, 7) is 5.01. The largest absolute Gasteiger partial charge is 0.465 e. The van der Waals surface area contributed by atoms with Gasteiger partial charge in [0.15, 0.2) is 6.61 Å². The Morgan fingerprint density at radius 3 is 2.24 bits per heavy atom. The van der Waals surface area contributed by atoms with Crippen LogP contribution in [-0.4, -0.2) is 43.5 Å². The van der Waals surface area contributed by atoms with Crippen molar-refractivity contribution >= 4 is 41.0 Å². The zero-order chi connectivity index (χ0) is 24.5. The van der Waals surface area contributed by atoms with Crippen LogP contribution in [0.25, 0.3) is 0 Å². The Balaban J connectivity index is 2.00. The lowest BCUT2D eigenvalue weighted by molar-refractivity contribution is -0.149. The number of amides is 2. The predicted molar refractivity (Wildman–Crippen MR) is 124 cm³/mol. The zero-order valence-electron chi connectivity index (χ0n) is 18.9. The van der Waals surface area contributed by atoms with Gasteiger partial charge in [-0.25, -0.2) is 9.59 Å². The molecule has 0 aliphatic heterocycles. The van der Waals surface area contributed by atoms with Crippen LogP contribution < -0.4 is 10.6 Å². The molecule has 2 N–H and O–H groups in total. The van der Waals surface area contributed by atoms with E-state index in [0.717, 1.165) is 5.56 Å². The predicted octanol–water partition coefficient (Wildman–Crippen LogP) is 3.76. The first-order chi connectivity index (χ1) is 15.6. The second kappa shape index (κ2) is 12.0. The van der Waals surface area contributed by atoms with Gasteiger partial charge in [-0.3, -0.25) is 9.59 Å². The van der Waals surface area contributed by atoms with Crippen LogP contribution in [-0.2, 0) is 19.1 Å². The number of aryl methyl sites for hydroxylation is 1. The van der Waals surface area contributed by atoms with Crippen LogP contribution in [0.15, 0.2) is 42.5 Å². The first-order valence-corrected chi connectivity index (χ1v) is 10.7. The number of hydrogen-bond donors (Lipinski definition) is 2. The third-order valence-electron chi connectivity index (χ3n) is 4.68. The van der Waals surface area contributed by atoms with E-state index < -0.39 is 36.4 Å². The minimum Gasteiger partial charge on any atom is -0.465 e. The Labute approximate surface area is 197 Å². The third kappa shape index (κ3) is 7.91. The van der Waals surface area contributed by atoms with Gasteiger partial charge < -0.3 is 20.1 Å². The van der Waals surface area contributed by atoms with E-state index >= 15 is 0 Å². The van der Waals surface area contributed by atoms with Gasteiger partial charge in [0.2, 0.25) is 0 Å². The van der Waals surface area contributed by atoms with E-state index in [9.17, 15) is 19.2 Å². The van der Waals surface area contributed by atoms with Gasteiger partial charge in [0.1, 0.15) is 6.04 Å². The van der Waals surface area contributed by atoms with Crippen LogP contribution in [0, 0.1) is 12.8 Å². The van der Waals surface area contributed by atoms with Crippen molar-refractivity contribution in [1.82, 2.24) is 5.32 Å². The highest BCUT2D eigenvalue weighted by atomic mass is 35.5. The highest BCUT2D eigenvalue weighted by Crippen LogP contribution is 2.18. The summed E-state index contributed by atoms with van der Waals surface area (Å²) in [5, 5.41) is 5.75. The summed E-state index contributed by atoms with van der Waals surface area (Å²) >= 11 is 5.84. The van der Waals surface area contributed by atoms with Crippen molar-refractivity contribution in [3.05, 3.63) is 64.2 Å². The molecule has 0 fully saturated rings. The van der Waals surface area contributed by atoms with E-state index in [1.165, 1.54) is 13.2 Å². The Hall–Kier alpha value is -3.39. The molecule has 0 saturated heterocycles. The first kappa shape index (κ1) is 25.9. The Bertz CT molecular complexity index is 1020. The number of methoxy groups -OCH3 is 1. The lowest BCUT2D eigenvalue weighted by Crippen LogP contribution is -2.43. The summed E-state index contributed by atoms with van der Waals surface area (Å²) in [4.78, 5) is 49.1. The quantitative estimate of drug-likeness (QED) is 0.535. The number of carbonyl (C=O) groups is 4. The maximum absolute atomic E-state index is 12.6. The molecule has 176 valence electrons. The van der Waals surface area contributed by atoms with Gasteiger partial charge in [-0.1, -0.05) is 31.5 Å². The van der Waals surface area contributed by atoms with E-state index in [0.29, 0.717) is 22.7 Å². The van der Waals surface area contributed by atoms with Crippen molar-refractivity contribution in [3.8, 4) is 0 Å². The minimum absolute atomic E-state index is 0.0885. The van der Waals surface area contributed by atoms with Gasteiger partial charge in [-0.2, -0.15) is 0 Å². The molecule has 9 heteroatoms. The fraction of sp³-hybridized carbons (Fsp3) is 0.333. The van der Waals surface area contributed by atoms with Crippen molar-refractivity contribution < 1.29 is 28.7 Å². The lowest BCUT2D eigenvalue weighted by Gasteiger charge is -2.19. The Morgan fingerprint density at radius 2 is 1.64 bits per heavy atom. The number of esters is 2.